The first-order valence-electron chi connectivity index (χ1n) is 11.2. The van der Waals surface area contributed by atoms with E-state index in [0.717, 1.165) is 71.0 Å². The number of hydrogen-bond acceptors (Lipinski definition) is 3. The van der Waals surface area contributed by atoms with Gasteiger partial charge >= 0.3 is 0 Å². The number of carbonyl (C=O) groups excluding carboxylic acids is 1. The van der Waals surface area contributed by atoms with Gasteiger partial charge in [0.2, 0.25) is 5.91 Å². The zero-order valence-electron chi connectivity index (χ0n) is 18.5. The SMILES string of the molecule is CCc1ccccc1CNC(=NC)NCCN1CCN(C(=O)C2CCCC2)CC1.I. The maximum atomic E-state index is 12.6. The van der Waals surface area contributed by atoms with E-state index in [2.05, 4.69) is 56.6 Å². The van der Waals surface area contributed by atoms with Gasteiger partial charge in [0, 0.05) is 58.8 Å². The van der Waals surface area contributed by atoms with Gasteiger partial charge in [-0.25, -0.2) is 0 Å². The van der Waals surface area contributed by atoms with Crippen molar-refractivity contribution >= 4 is 35.8 Å². The van der Waals surface area contributed by atoms with Crippen molar-refractivity contribution < 1.29 is 4.79 Å². The molecule has 0 unspecified atom stereocenters. The molecule has 1 aliphatic heterocycles. The van der Waals surface area contributed by atoms with E-state index in [1.165, 1.54) is 24.0 Å². The average molecular weight is 527 g/mol. The maximum absolute atomic E-state index is 12.6. The lowest BCUT2D eigenvalue weighted by Crippen LogP contribution is -2.51. The number of amides is 1. The van der Waals surface area contributed by atoms with E-state index in [9.17, 15) is 4.79 Å². The number of rotatable bonds is 7. The fourth-order valence-electron chi connectivity index (χ4n) is 4.43. The van der Waals surface area contributed by atoms with E-state index in [1.54, 1.807) is 0 Å². The third kappa shape index (κ3) is 7.11. The Morgan fingerprint density at radius 1 is 1.07 bits per heavy atom. The summed E-state index contributed by atoms with van der Waals surface area (Å²) in [5.41, 5.74) is 2.70. The van der Waals surface area contributed by atoms with Gasteiger partial charge in [0.25, 0.3) is 0 Å². The van der Waals surface area contributed by atoms with Crippen LogP contribution in [-0.4, -0.2) is 68.0 Å². The quantitative estimate of drug-likeness (QED) is 0.326. The minimum Gasteiger partial charge on any atom is -0.355 e. The highest BCUT2D eigenvalue weighted by molar-refractivity contribution is 14.0. The molecule has 0 aromatic heterocycles. The first kappa shape index (κ1) is 24.9. The van der Waals surface area contributed by atoms with Crippen molar-refractivity contribution in [2.45, 2.75) is 45.6 Å². The molecular weight excluding hydrogens is 489 g/mol. The molecule has 2 fully saturated rings. The largest absolute Gasteiger partial charge is 0.355 e. The Balaban J connectivity index is 0.00000320. The third-order valence-electron chi connectivity index (χ3n) is 6.28. The van der Waals surface area contributed by atoms with Crippen LogP contribution in [0.2, 0.25) is 0 Å². The van der Waals surface area contributed by atoms with Crippen LogP contribution in [-0.2, 0) is 17.8 Å². The molecule has 1 aromatic carbocycles. The highest BCUT2D eigenvalue weighted by Crippen LogP contribution is 2.26. The zero-order valence-corrected chi connectivity index (χ0v) is 20.9. The molecule has 0 bridgehead atoms. The summed E-state index contributed by atoms with van der Waals surface area (Å²) in [6, 6.07) is 8.54. The number of carbonyl (C=O) groups is 1. The summed E-state index contributed by atoms with van der Waals surface area (Å²) < 4.78 is 0. The van der Waals surface area contributed by atoms with Crippen LogP contribution in [0.4, 0.5) is 0 Å². The van der Waals surface area contributed by atoms with Gasteiger partial charge in [0.05, 0.1) is 0 Å². The second-order valence-corrected chi connectivity index (χ2v) is 8.12. The summed E-state index contributed by atoms with van der Waals surface area (Å²) in [6.07, 6.45) is 5.68. The predicted octanol–water partition coefficient (Wildman–Crippen LogP) is 2.87. The average Bonchev–Trinajstić information content (AvgIpc) is 3.31. The molecule has 0 radical (unpaired) electrons. The second kappa shape index (κ2) is 13.1. The standard InChI is InChI=1S/C23H37N5O.HI/c1-3-19-8-4-7-11-21(19)18-26-23(24-2)25-12-13-27-14-16-28(17-15-27)22(29)20-9-5-6-10-20;/h4,7-8,11,20H,3,5-6,9-10,12-18H2,1-2H3,(H2,24,25,26);1H. The molecule has 30 heavy (non-hydrogen) atoms. The van der Waals surface area contributed by atoms with E-state index in [1.807, 2.05) is 7.05 Å². The number of benzene rings is 1. The number of nitrogens with one attached hydrogen (secondary N) is 2. The molecule has 1 amide bonds. The molecule has 1 heterocycles. The smallest absolute Gasteiger partial charge is 0.225 e. The number of aryl methyl sites for hydroxylation is 1. The minimum absolute atomic E-state index is 0. The Bertz CT molecular complexity index is 682. The monoisotopic (exact) mass is 527 g/mol. The van der Waals surface area contributed by atoms with Crippen LogP contribution >= 0.6 is 24.0 Å². The van der Waals surface area contributed by atoms with Gasteiger partial charge in [-0.2, -0.15) is 0 Å². The summed E-state index contributed by atoms with van der Waals surface area (Å²) in [6.45, 7) is 8.47. The number of halogens is 1. The fourth-order valence-corrected chi connectivity index (χ4v) is 4.43. The highest BCUT2D eigenvalue weighted by Gasteiger charge is 2.29. The summed E-state index contributed by atoms with van der Waals surface area (Å²) in [7, 11) is 1.81. The van der Waals surface area contributed by atoms with Crippen LogP contribution in [0.15, 0.2) is 29.3 Å². The molecule has 1 saturated heterocycles. The van der Waals surface area contributed by atoms with E-state index in [-0.39, 0.29) is 24.0 Å². The molecule has 2 N–H and O–H groups in total. The summed E-state index contributed by atoms with van der Waals surface area (Å²) in [4.78, 5) is 21.4. The first-order valence-corrected chi connectivity index (χ1v) is 11.2. The Morgan fingerprint density at radius 2 is 1.73 bits per heavy atom. The van der Waals surface area contributed by atoms with Crippen molar-refractivity contribution in [1.82, 2.24) is 20.4 Å². The van der Waals surface area contributed by atoms with Gasteiger partial charge in [-0.3, -0.25) is 14.7 Å². The van der Waals surface area contributed by atoms with Gasteiger partial charge in [0.1, 0.15) is 0 Å². The van der Waals surface area contributed by atoms with Crippen LogP contribution < -0.4 is 10.6 Å². The minimum atomic E-state index is 0. The Morgan fingerprint density at radius 3 is 2.37 bits per heavy atom. The topological polar surface area (TPSA) is 60.0 Å². The van der Waals surface area contributed by atoms with Crippen molar-refractivity contribution in [3.63, 3.8) is 0 Å². The van der Waals surface area contributed by atoms with E-state index >= 15 is 0 Å². The molecule has 6 nitrogen and oxygen atoms in total. The fraction of sp³-hybridized carbons (Fsp3) is 0.652. The summed E-state index contributed by atoms with van der Waals surface area (Å²) in [5, 5.41) is 6.84. The number of hydrogen-bond donors (Lipinski definition) is 2. The third-order valence-corrected chi connectivity index (χ3v) is 6.28. The molecule has 168 valence electrons. The van der Waals surface area contributed by atoms with Crippen molar-refractivity contribution in [3.8, 4) is 0 Å². The summed E-state index contributed by atoms with van der Waals surface area (Å²) >= 11 is 0. The molecular formula is C23H38IN5O. The number of piperazine rings is 1. The molecule has 1 aromatic rings. The van der Waals surface area contributed by atoms with Crippen molar-refractivity contribution in [3.05, 3.63) is 35.4 Å². The first-order chi connectivity index (χ1) is 14.2. The van der Waals surface area contributed by atoms with Crippen molar-refractivity contribution in [2.75, 3.05) is 46.3 Å². The van der Waals surface area contributed by atoms with Gasteiger partial charge in [-0.1, -0.05) is 44.0 Å². The number of aliphatic imine (C=N–C) groups is 1. The Hall–Kier alpha value is -1.35. The lowest BCUT2D eigenvalue weighted by atomic mass is 10.1. The number of guanidine groups is 1. The molecule has 7 heteroatoms. The van der Waals surface area contributed by atoms with E-state index in [0.29, 0.717) is 11.8 Å². The predicted molar refractivity (Wildman–Crippen MR) is 134 cm³/mol. The normalized spacial score (nSPS) is 18.2. The second-order valence-electron chi connectivity index (χ2n) is 8.12. The maximum Gasteiger partial charge on any atom is 0.225 e. The Labute approximate surface area is 198 Å². The van der Waals surface area contributed by atoms with Crippen molar-refractivity contribution in [1.29, 1.82) is 0 Å². The van der Waals surface area contributed by atoms with Crippen molar-refractivity contribution in [2.24, 2.45) is 10.9 Å². The molecule has 1 aliphatic carbocycles. The van der Waals surface area contributed by atoms with Gasteiger partial charge in [-0.15, -0.1) is 24.0 Å². The van der Waals surface area contributed by atoms with Crippen LogP contribution in [0.25, 0.3) is 0 Å². The molecule has 1 saturated carbocycles. The highest BCUT2D eigenvalue weighted by atomic mass is 127. The molecule has 0 atom stereocenters. The molecule has 3 rings (SSSR count). The lowest BCUT2D eigenvalue weighted by Gasteiger charge is -2.36. The van der Waals surface area contributed by atoms with Crippen LogP contribution in [0, 0.1) is 5.92 Å². The van der Waals surface area contributed by atoms with E-state index < -0.39 is 0 Å². The molecule has 2 aliphatic rings. The van der Waals surface area contributed by atoms with Crippen LogP contribution in [0.3, 0.4) is 0 Å². The van der Waals surface area contributed by atoms with Crippen LogP contribution in [0.5, 0.6) is 0 Å². The molecule has 0 spiro atoms. The number of nitrogens with zero attached hydrogens (tertiary/aromatic N) is 3. The van der Waals surface area contributed by atoms with Gasteiger partial charge in [-0.05, 0) is 30.4 Å². The van der Waals surface area contributed by atoms with Gasteiger partial charge < -0.3 is 15.5 Å². The zero-order chi connectivity index (χ0) is 20.5. The van der Waals surface area contributed by atoms with Gasteiger partial charge in [0.15, 0.2) is 5.96 Å². The Kier molecular flexibility index (Phi) is 10.9. The lowest BCUT2D eigenvalue weighted by molar-refractivity contribution is -0.137. The van der Waals surface area contributed by atoms with E-state index in [4.69, 9.17) is 0 Å². The summed E-state index contributed by atoms with van der Waals surface area (Å²) in [5.74, 6) is 1.54. The van der Waals surface area contributed by atoms with Crippen LogP contribution in [0.1, 0.15) is 43.7 Å².